The summed E-state index contributed by atoms with van der Waals surface area (Å²) in [6.07, 6.45) is 4.67. The number of nitrogens with zero attached hydrogens (tertiary/aromatic N) is 2. The summed E-state index contributed by atoms with van der Waals surface area (Å²) in [7, 11) is 0. The van der Waals surface area contributed by atoms with E-state index in [1.807, 2.05) is 30.5 Å². The number of pyridine rings is 2. The topological polar surface area (TPSA) is 35.0 Å². The molecule has 0 aliphatic heterocycles. The Morgan fingerprint density at radius 3 is 2.43 bits per heavy atom. The van der Waals surface area contributed by atoms with Crippen LogP contribution >= 0.6 is 0 Å². The normalized spacial score (nSPS) is 10.7. The van der Waals surface area contributed by atoms with Crippen molar-refractivity contribution in [3.05, 3.63) is 83.8 Å². The van der Waals surface area contributed by atoms with Crippen molar-refractivity contribution in [1.82, 2.24) is 9.97 Å². The highest BCUT2D eigenvalue weighted by molar-refractivity contribution is 5.60. The van der Waals surface area contributed by atoms with Gasteiger partial charge < -0.3 is 4.74 Å². The number of aromatic nitrogens is 2. The summed E-state index contributed by atoms with van der Waals surface area (Å²) >= 11 is 0. The van der Waals surface area contributed by atoms with E-state index >= 15 is 0 Å². The Bertz CT molecular complexity index is 739. The Morgan fingerprint density at radius 1 is 0.826 bits per heavy atom. The zero-order valence-electron chi connectivity index (χ0n) is 13.3. The minimum absolute atomic E-state index is 0.518. The highest BCUT2D eigenvalue weighted by atomic mass is 16.5. The maximum Gasteiger partial charge on any atom is 0.0892 e. The van der Waals surface area contributed by atoms with Crippen LogP contribution in [0.3, 0.4) is 0 Å². The highest BCUT2D eigenvalue weighted by Gasteiger charge is 2.02. The van der Waals surface area contributed by atoms with E-state index in [2.05, 4.69) is 47.2 Å². The van der Waals surface area contributed by atoms with E-state index < -0.39 is 0 Å². The maximum atomic E-state index is 5.74. The van der Waals surface area contributed by atoms with E-state index in [0.29, 0.717) is 13.2 Å². The van der Waals surface area contributed by atoms with Gasteiger partial charge in [0.25, 0.3) is 0 Å². The molecule has 3 rings (SSSR count). The monoisotopic (exact) mass is 304 g/mol. The van der Waals surface area contributed by atoms with Gasteiger partial charge in [-0.3, -0.25) is 9.97 Å². The van der Waals surface area contributed by atoms with Gasteiger partial charge in [0.1, 0.15) is 0 Å². The minimum atomic E-state index is 0.518. The molecule has 0 bridgehead atoms. The summed E-state index contributed by atoms with van der Waals surface area (Å²) < 4.78 is 5.74. The van der Waals surface area contributed by atoms with Gasteiger partial charge in [-0.15, -0.1) is 0 Å². The van der Waals surface area contributed by atoms with Gasteiger partial charge >= 0.3 is 0 Å². The van der Waals surface area contributed by atoms with E-state index in [-0.39, 0.29) is 0 Å². The first-order chi connectivity index (χ1) is 11.3. The zero-order chi connectivity index (χ0) is 15.9. The molecule has 1 aromatic carbocycles. The number of rotatable bonds is 6. The van der Waals surface area contributed by atoms with Crippen LogP contribution in [0, 0.1) is 0 Å². The average Bonchev–Trinajstić information content (AvgIpc) is 2.63. The lowest BCUT2D eigenvalue weighted by Crippen LogP contribution is -1.97. The number of ether oxygens (including phenoxy) is 1. The van der Waals surface area contributed by atoms with Crippen LogP contribution in [0.4, 0.5) is 0 Å². The van der Waals surface area contributed by atoms with Crippen molar-refractivity contribution in [2.24, 2.45) is 0 Å². The summed E-state index contributed by atoms with van der Waals surface area (Å²) in [4.78, 5) is 8.72. The van der Waals surface area contributed by atoms with Crippen molar-refractivity contribution in [2.45, 2.75) is 26.6 Å². The Morgan fingerprint density at radius 2 is 1.70 bits per heavy atom. The number of hydrogen-bond acceptors (Lipinski definition) is 3. The predicted molar refractivity (Wildman–Crippen MR) is 91.8 cm³/mol. The van der Waals surface area contributed by atoms with E-state index in [1.54, 1.807) is 6.20 Å². The molecule has 0 amide bonds. The molecule has 2 heterocycles. The lowest BCUT2D eigenvalue weighted by molar-refractivity contribution is 0.104. The number of benzene rings is 1. The Kier molecular flexibility index (Phi) is 5.12. The molecule has 3 aromatic rings. The molecule has 0 N–H and O–H groups in total. The van der Waals surface area contributed by atoms with Crippen molar-refractivity contribution < 1.29 is 4.74 Å². The molecule has 0 aliphatic rings. The molecule has 0 atom stereocenters. The van der Waals surface area contributed by atoms with Gasteiger partial charge in [-0.1, -0.05) is 37.3 Å². The Balaban J connectivity index is 1.64. The van der Waals surface area contributed by atoms with Gasteiger partial charge in [-0.25, -0.2) is 0 Å². The smallest absolute Gasteiger partial charge is 0.0892 e. The third kappa shape index (κ3) is 4.24. The standard InChI is InChI=1S/C20H20N2O/c1-2-16-6-8-18(9-7-16)20-13-17(10-12-22-20)14-23-15-19-5-3-4-11-21-19/h3-13H,2,14-15H2,1H3. The van der Waals surface area contributed by atoms with Crippen LogP contribution < -0.4 is 0 Å². The van der Waals surface area contributed by atoms with Crippen molar-refractivity contribution >= 4 is 0 Å². The Hall–Kier alpha value is -2.52. The molecule has 0 spiro atoms. The molecule has 0 aliphatic carbocycles. The van der Waals surface area contributed by atoms with Gasteiger partial charge in [0.15, 0.2) is 0 Å². The van der Waals surface area contributed by atoms with Crippen molar-refractivity contribution in [2.75, 3.05) is 0 Å². The first kappa shape index (κ1) is 15.4. The fourth-order valence-electron chi connectivity index (χ4n) is 2.39. The molecule has 3 nitrogen and oxygen atoms in total. The van der Waals surface area contributed by atoms with Gasteiger partial charge in [0, 0.05) is 18.0 Å². The second-order valence-electron chi connectivity index (χ2n) is 5.41. The van der Waals surface area contributed by atoms with Gasteiger partial charge in [0.2, 0.25) is 0 Å². The van der Waals surface area contributed by atoms with Crippen molar-refractivity contribution in [3.8, 4) is 11.3 Å². The second kappa shape index (κ2) is 7.65. The molecule has 0 saturated heterocycles. The van der Waals surface area contributed by atoms with Crippen LogP contribution in [0.15, 0.2) is 67.0 Å². The van der Waals surface area contributed by atoms with Crippen molar-refractivity contribution in [3.63, 3.8) is 0 Å². The molecule has 116 valence electrons. The lowest BCUT2D eigenvalue weighted by Gasteiger charge is -2.07. The van der Waals surface area contributed by atoms with Crippen LogP contribution in [0.2, 0.25) is 0 Å². The second-order valence-corrected chi connectivity index (χ2v) is 5.41. The first-order valence-electron chi connectivity index (χ1n) is 7.87. The van der Waals surface area contributed by atoms with Crippen LogP contribution in [0.5, 0.6) is 0 Å². The van der Waals surface area contributed by atoms with E-state index in [4.69, 9.17) is 4.74 Å². The molecule has 0 radical (unpaired) electrons. The molecule has 3 heteroatoms. The van der Waals surface area contributed by atoms with Crippen LogP contribution in [-0.2, 0) is 24.4 Å². The lowest BCUT2D eigenvalue weighted by atomic mass is 10.1. The van der Waals surface area contributed by atoms with Crippen LogP contribution in [0.25, 0.3) is 11.3 Å². The van der Waals surface area contributed by atoms with Gasteiger partial charge in [-0.2, -0.15) is 0 Å². The number of aryl methyl sites for hydroxylation is 1. The largest absolute Gasteiger partial charge is 0.370 e. The molecule has 23 heavy (non-hydrogen) atoms. The molecule has 2 aromatic heterocycles. The van der Waals surface area contributed by atoms with E-state index in [0.717, 1.165) is 28.9 Å². The van der Waals surface area contributed by atoms with Gasteiger partial charge in [-0.05, 0) is 41.8 Å². The van der Waals surface area contributed by atoms with Crippen LogP contribution in [0.1, 0.15) is 23.7 Å². The fourth-order valence-corrected chi connectivity index (χ4v) is 2.39. The average molecular weight is 304 g/mol. The maximum absolute atomic E-state index is 5.74. The predicted octanol–water partition coefficient (Wildman–Crippen LogP) is 4.42. The SMILES string of the molecule is CCc1ccc(-c2cc(COCc3ccccn3)ccn2)cc1. The highest BCUT2D eigenvalue weighted by Crippen LogP contribution is 2.19. The molecule has 0 unspecified atom stereocenters. The summed E-state index contributed by atoms with van der Waals surface area (Å²) in [5, 5.41) is 0. The zero-order valence-corrected chi connectivity index (χ0v) is 13.3. The van der Waals surface area contributed by atoms with E-state index in [1.165, 1.54) is 5.56 Å². The summed E-state index contributed by atoms with van der Waals surface area (Å²) in [6.45, 7) is 3.23. The fraction of sp³-hybridized carbons (Fsp3) is 0.200. The summed E-state index contributed by atoms with van der Waals surface area (Å²) in [6, 6.07) is 18.5. The van der Waals surface area contributed by atoms with Gasteiger partial charge in [0.05, 0.1) is 24.6 Å². The third-order valence-corrected chi connectivity index (χ3v) is 3.73. The first-order valence-corrected chi connectivity index (χ1v) is 7.87. The van der Waals surface area contributed by atoms with Crippen molar-refractivity contribution in [1.29, 1.82) is 0 Å². The summed E-state index contributed by atoms with van der Waals surface area (Å²) in [5.41, 5.74) is 5.51. The Labute approximate surface area is 137 Å². The number of hydrogen-bond donors (Lipinski definition) is 0. The minimum Gasteiger partial charge on any atom is -0.370 e. The third-order valence-electron chi connectivity index (χ3n) is 3.73. The van der Waals surface area contributed by atoms with Crippen LogP contribution in [-0.4, -0.2) is 9.97 Å². The molecule has 0 saturated carbocycles. The summed E-state index contributed by atoms with van der Waals surface area (Å²) in [5.74, 6) is 0. The molecule has 0 fully saturated rings. The molecular weight excluding hydrogens is 284 g/mol. The quantitative estimate of drug-likeness (QED) is 0.676. The van der Waals surface area contributed by atoms with E-state index in [9.17, 15) is 0 Å². The molecular formula is C20H20N2O.